The number of piperazine rings is 1. The summed E-state index contributed by atoms with van der Waals surface area (Å²) in [5, 5.41) is 0. The van der Waals surface area contributed by atoms with Gasteiger partial charge in [-0.25, -0.2) is 0 Å². The second kappa shape index (κ2) is 4.93. The predicted octanol–water partition coefficient (Wildman–Crippen LogP) is -2.51. The molecular formula is C9H16N4O3. The Morgan fingerprint density at radius 2 is 1.88 bits per heavy atom. The predicted molar refractivity (Wildman–Crippen MR) is 56.0 cm³/mol. The number of nitrogens with two attached hydrogens (primary N) is 2. The summed E-state index contributed by atoms with van der Waals surface area (Å²) in [7, 11) is 0. The van der Waals surface area contributed by atoms with Crippen LogP contribution in [0.2, 0.25) is 0 Å². The minimum atomic E-state index is -0.538. The summed E-state index contributed by atoms with van der Waals surface area (Å²) >= 11 is 0. The summed E-state index contributed by atoms with van der Waals surface area (Å²) in [5.41, 5.74) is 10.1. The minimum absolute atomic E-state index is 0.0560. The zero-order chi connectivity index (χ0) is 12.3. The van der Waals surface area contributed by atoms with Gasteiger partial charge in [0.25, 0.3) is 0 Å². The second-order valence-electron chi connectivity index (χ2n) is 3.97. The lowest BCUT2D eigenvalue weighted by atomic mass is 10.2. The van der Waals surface area contributed by atoms with Gasteiger partial charge >= 0.3 is 0 Å². The molecule has 0 radical (unpaired) electrons. The van der Waals surface area contributed by atoms with Crippen molar-refractivity contribution in [1.82, 2.24) is 9.80 Å². The van der Waals surface area contributed by atoms with Gasteiger partial charge in [0.2, 0.25) is 17.7 Å². The van der Waals surface area contributed by atoms with Gasteiger partial charge in [0.15, 0.2) is 0 Å². The van der Waals surface area contributed by atoms with Crippen LogP contribution in [0, 0.1) is 0 Å². The topological polar surface area (TPSA) is 110 Å². The first-order valence-electron chi connectivity index (χ1n) is 4.98. The van der Waals surface area contributed by atoms with Gasteiger partial charge < -0.3 is 16.4 Å². The lowest BCUT2D eigenvalue weighted by Crippen LogP contribution is -2.58. The lowest BCUT2D eigenvalue weighted by Gasteiger charge is -2.38. The standard InChI is InChI=1S/C9H16N4O3/c1-6-2-12(3-7(10)14)5-9(16)13(6)4-8(11)15/h6H,2-5H2,1H3,(H2,10,14)(H2,11,15)/t6-/m0/s1. The molecule has 90 valence electrons. The fourth-order valence-corrected chi connectivity index (χ4v) is 1.82. The molecule has 1 aliphatic heterocycles. The van der Waals surface area contributed by atoms with E-state index < -0.39 is 11.8 Å². The summed E-state index contributed by atoms with van der Waals surface area (Å²) < 4.78 is 0. The Hall–Kier alpha value is -1.63. The molecule has 1 saturated heterocycles. The van der Waals surface area contributed by atoms with E-state index in [1.165, 1.54) is 4.90 Å². The molecule has 0 aliphatic carbocycles. The molecule has 0 saturated carbocycles. The summed E-state index contributed by atoms with van der Waals surface area (Å²) in [6.07, 6.45) is 0. The van der Waals surface area contributed by atoms with E-state index in [1.54, 1.807) is 11.8 Å². The Kier molecular flexibility index (Phi) is 3.83. The number of primary amides is 2. The number of amides is 3. The maximum Gasteiger partial charge on any atom is 0.237 e. The zero-order valence-electron chi connectivity index (χ0n) is 9.18. The molecule has 0 bridgehead atoms. The largest absolute Gasteiger partial charge is 0.369 e. The van der Waals surface area contributed by atoms with Crippen molar-refractivity contribution in [2.75, 3.05) is 26.2 Å². The Morgan fingerprint density at radius 1 is 1.31 bits per heavy atom. The lowest BCUT2D eigenvalue weighted by molar-refractivity contribution is -0.143. The fourth-order valence-electron chi connectivity index (χ4n) is 1.82. The van der Waals surface area contributed by atoms with Crippen LogP contribution in [0.1, 0.15) is 6.92 Å². The highest BCUT2D eigenvalue weighted by Crippen LogP contribution is 2.09. The van der Waals surface area contributed by atoms with Crippen molar-refractivity contribution in [3.63, 3.8) is 0 Å². The first-order chi connectivity index (χ1) is 7.40. The average Bonchev–Trinajstić information content (AvgIpc) is 2.10. The van der Waals surface area contributed by atoms with E-state index in [-0.39, 0.29) is 31.6 Å². The van der Waals surface area contributed by atoms with Crippen molar-refractivity contribution >= 4 is 17.7 Å². The van der Waals surface area contributed by atoms with Gasteiger partial charge in [0, 0.05) is 12.6 Å². The maximum atomic E-state index is 11.7. The number of carbonyl (C=O) groups is 3. The minimum Gasteiger partial charge on any atom is -0.369 e. The number of rotatable bonds is 4. The van der Waals surface area contributed by atoms with Crippen LogP contribution in [0.3, 0.4) is 0 Å². The summed E-state index contributed by atoms with van der Waals surface area (Å²) in [5.74, 6) is -1.22. The van der Waals surface area contributed by atoms with Crippen molar-refractivity contribution in [2.45, 2.75) is 13.0 Å². The molecule has 1 fully saturated rings. The van der Waals surface area contributed by atoms with Crippen LogP contribution >= 0.6 is 0 Å². The van der Waals surface area contributed by atoms with Crippen molar-refractivity contribution in [2.24, 2.45) is 11.5 Å². The molecule has 0 aromatic heterocycles. The van der Waals surface area contributed by atoms with Crippen molar-refractivity contribution in [3.8, 4) is 0 Å². The molecule has 1 aliphatic rings. The highest BCUT2D eigenvalue weighted by molar-refractivity contribution is 5.86. The average molecular weight is 228 g/mol. The number of hydrogen-bond acceptors (Lipinski definition) is 4. The summed E-state index contributed by atoms with van der Waals surface area (Å²) in [6, 6.07) is -0.145. The third-order valence-corrected chi connectivity index (χ3v) is 2.44. The quantitative estimate of drug-likeness (QED) is 0.553. The molecule has 1 atom stereocenters. The molecule has 1 rings (SSSR count). The third kappa shape index (κ3) is 3.20. The summed E-state index contributed by atoms with van der Waals surface area (Å²) in [6.45, 7) is 2.39. The molecule has 0 unspecified atom stereocenters. The molecule has 7 nitrogen and oxygen atoms in total. The van der Waals surface area contributed by atoms with Crippen LogP contribution in [0.4, 0.5) is 0 Å². The van der Waals surface area contributed by atoms with Crippen molar-refractivity contribution in [3.05, 3.63) is 0 Å². The zero-order valence-corrected chi connectivity index (χ0v) is 9.18. The molecule has 3 amide bonds. The van der Waals surface area contributed by atoms with E-state index in [2.05, 4.69) is 0 Å². The molecular weight excluding hydrogens is 212 g/mol. The van der Waals surface area contributed by atoms with Crippen LogP contribution < -0.4 is 11.5 Å². The summed E-state index contributed by atoms with van der Waals surface area (Å²) in [4.78, 5) is 36.2. The van der Waals surface area contributed by atoms with E-state index in [9.17, 15) is 14.4 Å². The molecule has 0 aromatic rings. The van der Waals surface area contributed by atoms with Gasteiger partial charge in [-0.1, -0.05) is 0 Å². The molecule has 1 heterocycles. The highest BCUT2D eigenvalue weighted by atomic mass is 16.2. The Balaban J connectivity index is 2.60. The van der Waals surface area contributed by atoms with Crippen LogP contribution in [0.25, 0.3) is 0 Å². The van der Waals surface area contributed by atoms with E-state index in [0.717, 1.165) is 0 Å². The van der Waals surface area contributed by atoms with Crippen molar-refractivity contribution < 1.29 is 14.4 Å². The van der Waals surface area contributed by atoms with E-state index >= 15 is 0 Å². The smallest absolute Gasteiger partial charge is 0.237 e. The van der Waals surface area contributed by atoms with Crippen LogP contribution in [0.15, 0.2) is 0 Å². The van der Waals surface area contributed by atoms with Gasteiger partial charge in [0.1, 0.15) is 0 Å². The van der Waals surface area contributed by atoms with Gasteiger partial charge in [-0.2, -0.15) is 0 Å². The Morgan fingerprint density at radius 3 is 2.31 bits per heavy atom. The van der Waals surface area contributed by atoms with E-state index in [4.69, 9.17) is 11.5 Å². The van der Waals surface area contributed by atoms with E-state index in [0.29, 0.717) is 6.54 Å². The maximum absolute atomic E-state index is 11.7. The molecule has 4 N–H and O–H groups in total. The molecule has 0 spiro atoms. The normalized spacial score (nSPS) is 22.2. The molecule has 16 heavy (non-hydrogen) atoms. The number of nitrogens with zero attached hydrogens (tertiary/aromatic N) is 2. The van der Waals surface area contributed by atoms with Crippen LogP contribution in [-0.4, -0.2) is 59.7 Å². The Labute approximate surface area is 93.3 Å². The highest BCUT2D eigenvalue weighted by Gasteiger charge is 2.30. The van der Waals surface area contributed by atoms with Crippen LogP contribution in [0.5, 0.6) is 0 Å². The number of hydrogen-bond donors (Lipinski definition) is 2. The SMILES string of the molecule is C[C@H]1CN(CC(N)=O)CC(=O)N1CC(N)=O. The molecule has 7 heteroatoms. The molecule has 0 aromatic carbocycles. The monoisotopic (exact) mass is 228 g/mol. The number of carbonyl (C=O) groups excluding carboxylic acids is 3. The first kappa shape index (κ1) is 12.4. The van der Waals surface area contributed by atoms with Gasteiger partial charge in [-0.15, -0.1) is 0 Å². The van der Waals surface area contributed by atoms with Gasteiger partial charge in [-0.3, -0.25) is 19.3 Å². The fraction of sp³-hybridized carbons (Fsp3) is 0.667. The van der Waals surface area contributed by atoms with Crippen LogP contribution in [-0.2, 0) is 14.4 Å². The van der Waals surface area contributed by atoms with Gasteiger partial charge in [0.05, 0.1) is 19.6 Å². The van der Waals surface area contributed by atoms with Crippen molar-refractivity contribution in [1.29, 1.82) is 0 Å². The first-order valence-corrected chi connectivity index (χ1v) is 4.98. The van der Waals surface area contributed by atoms with Gasteiger partial charge in [-0.05, 0) is 6.92 Å². The Bertz CT molecular complexity index is 318. The van der Waals surface area contributed by atoms with E-state index in [1.807, 2.05) is 0 Å². The third-order valence-electron chi connectivity index (χ3n) is 2.44. The second-order valence-corrected chi connectivity index (χ2v) is 3.97.